The van der Waals surface area contributed by atoms with Gasteiger partial charge in [-0.1, -0.05) is 19.1 Å². The summed E-state index contributed by atoms with van der Waals surface area (Å²) in [6.07, 6.45) is 6.64. The molecule has 0 aromatic heterocycles. The predicted octanol–water partition coefficient (Wildman–Crippen LogP) is 2.25. The van der Waals surface area contributed by atoms with Crippen LogP contribution in [-0.4, -0.2) is 12.2 Å². The second-order valence-electron chi connectivity index (χ2n) is 4.14. The highest BCUT2D eigenvalue weighted by atomic mass is 35.5. The Kier molecular flexibility index (Phi) is 1.80. The second-order valence-corrected chi connectivity index (χ2v) is 4.44. The first-order chi connectivity index (χ1) is 5.72. The van der Waals surface area contributed by atoms with Crippen molar-refractivity contribution >= 4 is 17.9 Å². The van der Waals surface area contributed by atoms with Crippen LogP contribution in [0.1, 0.15) is 13.3 Å². The number of carbonyl (C=O) groups is 1. The van der Waals surface area contributed by atoms with Gasteiger partial charge in [0.25, 0.3) is 0 Å². The molecule has 0 aliphatic heterocycles. The molecule has 0 heterocycles. The SMILES string of the molecule is CC1(C=O)C2C=CC(C2)C1CCl. The molecule has 0 N–H and O–H groups in total. The molecule has 2 aliphatic rings. The number of aldehydes is 1. The average molecular weight is 185 g/mol. The Balaban J connectivity index is 2.34. The number of halogens is 1. The van der Waals surface area contributed by atoms with Crippen LogP contribution in [0.2, 0.25) is 0 Å². The maximum absolute atomic E-state index is 11.0. The molecule has 0 radical (unpaired) electrons. The molecule has 0 spiro atoms. The third-order valence-electron chi connectivity index (χ3n) is 3.65. The van der Waals surface area contributed by atoms with Crippen LogP contribution in [0.15, 0.2) is 12.2 Å². The lowest BCUT2D eigenvalue weighted by molar-refractivity contribution is -0.118. The molecule has 1 saturated carbocycles. The summed E-state index contributed by atoms with van der Waals surface area (Å²) in [5.74, 6) is 1.99. The average Bonchev–Trinajstić information content (AvgIpc) is 2.63. The zero-order valence-corrected chi connectivity index (χ0v) is 7.92. The zero-order valence-electron chi connectivity index (χ0n) is 7.16. The molecule has 0 saturated heterocycles. The first-order valence-electron chi connectivity index (χ1n) is 4.43. The number of hydrogen-bond donors (Lipinski definition) is 0. The van der Waals surface area contributed by atoms with Gasteiger partial charge in [0.15, 0.2) is 0 Å². The van der Waals surface area contributed by atoms with E-state index in [0.717, 1.165) is 12.7 Å². The van der Waals surface area contributed by atoms with E-state index in [2.05, 4.69) is 12.2 Å². The molecular weight excluding hydrogens is 172 g/mol. The molecule has 0 aromatic rings. The molecule has 1 nitrogen and oxygen atoms in total. The van der Waals surface area contributed by atoms with Crippen molar-refractivity contribution in [2.75, 3.05) is 5.88 Å². The van der Waals surface area contributed by atoms with Gasteiger partial charge in [0.05, 0.1) is 0 Å². The Morgan fingerprint density at radius 1 is 1.67 bits per heavy atom. The summed E-state index contributed by atoms with van der Waals surface area (Å²) in [6.45, 7) is 2.04. The smallest absolute Gasteiger partial charge is 0.126 e. The summed E-state index contributed by atoms with van der Waals surface area (Å²) in [4.78, 5) is 11.0. The number of allylic oxidation sites excluding steroid dienone is 2. The van der Waals surface area contributed by atoms with Gasteiger partial charge in [-0.25, -0.2) is 0 Å². The van der Waals surface area contributed by atoms with Crippen LogP contribution in [0.5, 0.6) is 0 Å². The number of alkyl halides is 1. The third-order valence-corrected chi connectivity index (χ3v) is 3.98. The second kappa shape index (κ2) is 2.59. The Hall–Kier alpha value is -0.300. The van der Waals surface area contributed by atoms with Crippen LogP contribution in [-0.2, 0) is 4.79 Å². The van der Waals surface area contributed by atoms with Crippen LogP contribution < -0.4 is 0 Å². The molecule has 2 rings (SSSR count). The summed E-state index contributed by atoms with van der Waals surface area (Å²) in [6, 6.07) is 0. The topological polar surface area (TPSA) is 17.1 Å². The van der Waals surface area contributed by atoms with E-state index in [0.29, 0.717) is 23.6 Å². The van der Waals surface area contributed by atoms with Gasteiger partial charge in [-0.15, -0.1) is 11.6 Å². The summed E-state index contributed by atoms with van der Waals surface area (Å²) in [7, 11) is 0. The van der Waals surface area contributed by atoms with Crippen LogP contribution in [0.3, 0.4) is 0 Å². The quantitative estimate of drug-likeness (QED) is 0.366. The molecular formula is C10H13ClO. The summed E-state index contributed by atoms with van der Waals surface area (Å²) in [5, 5.41) is 0. The van der Waals surface area contributed by atoms with E-state index in [4.69, 9.17) is 11.6 Å². The fourth-order valence-electron chi connectivity index (χ4n) is 2.68. The highest BCUT2D eigenvalue weighted by molar-refractivity contribution is 6.18. The van der Waals surface area contributed by atoms with E-state index in [9.17, 15) is 4.79 Å². The van der Waals surface area contributed by atoms with Gasteiger partial charge in [0.2, 0.25) is 0 Å². The first kappa shape index (κ1) is 8.31. The summed E-state index contributed by atoms with van der Waals surface area (Å²) < 4.78 is 0. The van der Waals surface area contributed by atoms with Gasteiger partial charge in [-0.05, 0) is 24.2 Å². The van der Waals surface area contributed by atoms with Crippen molar-refractivity contribution in [3.8, 4) is 0 Å². The molecule has 4 unspecified atom stereocenters. The van der Waals surface area contributed by atoms with Gasteiger partial charge < -0.3 is 4.79 Å². The Labute approximate surface area is 77.8 Å². The van der Waals surface area contributed by atoms with E-state index >= 15 is 0 Å². The van der Waals surface area contributed by atoms with Crippen LogP contribution >= 0.6 is 11.6 Å². The fraction of sp³-hybridized carbons (Fsp3) is 0.700. The Morgan fingerprint density at radius 3 is 2.92 bits per heavy atom. The lowest BCUT2D eigenvalue weighted by atomic mass is 9.72. The zero-order chi connectivity index (χ0) is 8.77. The lowest BCUT2D eigenvalue weighted by Gasteiger charge is -2.32. The van der Waals surface area contributed by atoms with Crippen molar-refractivity contribution in [3.63, 3.8) is 0 Å². The summed E-state index contributed by atoms with van der Waals surface area (Å²) >= 11 is 5.87. The third kappa shape index (κ3) is 0.832. The largest absolute Gasteiger partial charge is 0.303 e. The standard InChI is InChI=1S/C10H13ClO/c1-10(6-12)8-3-2-7(4-8)9(10)5-11/h2-3,6-9H,4-5H2,1H3. The van der Waals surface area contributed by atoms with Crippen molar-refractivity contribution in [2.24, 2.45) is 23.2 Å². The van der Waals surface area contributed by atoms with Gasteiger partial charge in [-0.2, -0.15) is 0 Å². The van der Waals surface area contributed by atoms with E-state index in [1.54, 1.807) is 0 Å². The van der Waals surface area contributed by atoms with E-state index in [1.165, 1.54) is 0 Å². The summed E-state index contributed by atoms with van der Waals surface area (Å²) in [5.41, 5.74) is -0.179. The minimum atomic E-state index is -0.179. The van der Waals surface area contributed by atoms with Gasteiger partial charge in [0.1, 0.15) is 6.29 Å². The normalized spacial score (nSPS) is 50.0. The number of hydrogen-bond acceptors (Lipinski definition) is 1. The van der Waals surface area contributed by atoms with Crippen molar-refractivity contribution in [1.82, 2.24) is 0 Å². The van der Waals surface area contributed by atoms with Crippen LogP contribution in [0.4, 0.5) is 0 Å². The van der Waals surface area contributed by atoms with Gasteiger partial charge in [0, 0.05) is 11.3 Å². The molecule has 66 valence electrons. The predicted molar refractivity (Wildman–Crippen MR) is 49.1 cm³/mol. The minimum Gasteiger partial charge on any atom is -0.303 e. The maximum atomic E-state index is 11.0. The molecule has 2 bridgehead atoms. The molecule has 12 heavy (non-hydrogen) atoms. The number of rotatable bonds is 2. The molecule has 2 heteroatoms. The Morgan fingerprint density at radius 2 is 2.42 bits per heavy atom. The Bertz CT molecular complexity index is 236. The van der Waals surface area contributed by atoms with Crippen LogP contribution in [0.25, 0.3) is 0 Å². The van der Waals surface area contributed by atoms with E-state index in [1.807, 2.05) is 6.92 Å². The molecule has 4 atom stereocenters. The fourth-order valence-corrected chi connectivity index (χ4v) is 3.24. The van der Waals surface area contributed by atoms with E-state index in [-0.39, 0.29) is 5.41 Å². The molecule has 1 fully saturated rings. The minimum absolute atomic E-state index is 0.179. The lowest BCUT2D eigenvalue weighted by Crippen LogP contribution is -2.34. The van der Waals surface area contributed by atoms with Gasteiger partial charge in [-0.3, -0.25) is 0 Å². The van der Waals surface area contributed by atoms with Crippen molar-refractivity contribution in [2.45, 2.75) is 13.3 Å². The van der Waals surface area contributed by atoms with Crippen LogP contribution in [0, 0.1) is 23.2 Å². The van der Waals surface area contributed by atoms with Crippen molar-refractivity contribution in [3.05, 3.63) is 12.2 Å². The van der Waals surface area contributed by atoms with E-state index < -0.39 is 0 Å². The van der Waals surface area contributed by atoms with Crippen molar-refractivity contribution in [1.29, 1.82) is 0 Å². The molecule has 0 aromatic carbocycles. The first-order valence-corrected chi connectivity index (χ1v) is 4.96. The number of carbonyl (C=O) groups excluding carboxylic acids is 1. The highest BCUT2D eigenvalue weighted by Gasteiger charge is 2.52. The maximum Gasteiger partial charge on any atom is 0.126 e. The highest BCUT2D eigenvalue weighted by Crippen LogP contribution is 2.55. The monoisotopic (exact) mass is 184 g/mol. The van der Waals surface area contributed by atoms with Gasteiger partial charge >= 0.3 is 0 Å². The number of fused-ring (bicyclic) bond motifs is 2. The molecule has 2 aliphatic carbocycles. The van der Waals surface area contributed by atoms with Crippen molar-refractivity contribution < 1.29 is 4.79 Å². The molecule has 0 amide bonds.